The molecule has 0 bridgehead atoms. The van der Waals surface area contributed by atoms with E-state index in [1.165, 1.54) is 22.3 Å². The van der Waals surface area contributed by atoms with Crippen LogP contribution in [0.15, 0.2) is 59.7 Å². The van der Waals surface area contributed by atoms with Crippen molar-refractivity contribution in [2.45, 2.75) is 26.9 Å². The average molecular weight is 413 g/mol. The van der Waals surface area contributed by atoms with Gasteiger partial charge in [-0.3, -0.25) is 4.79 Å². The zero-order valence-corrected chi connectivity index (χ0v) is 17.5. The molecular weight excluding hydrogens is 390 g/mol. The van der Waals surface area contributed by atoms with Crippen molar-refractivity contribution in [2.75, 3.05) is 11.7 Å². The van der Waals surface area contributed by atoms with Crippen LogP contribution < -0.4 is 19.8 Å². The molecule has 2 aliphatic heterocycles. The van der Waals surface area contributed by atoms with Crippen molar-refractivity contribution in [3.05, 3.63) is 88.0 Å². The van der Waals surface area contributed by atoms with E-state index in [2.05, 4.69) is 41.4 Å². The fraction of sp³-hybridized carbons (Fsp3) is 0.200. The van der Waals surface area contributed by atoms with Crippen LogP contribution in [0.5, 0.6) is 11.5 Å². The molecular formula is C25H23N3O3. The molecule has 5 rings (SSSR count). The summed E-state index contributed by atoms with van der Waals surface area (Å²) in [6.45, 7) is 6.22. The summed E-state index contributed by atoms with van der Waals surface area (Å²) in [6.07, 6.45) is 1.59. The maximum atomic E-state index is 12.6. The predicted molar refractivity (Wildman–Crippen MR) is 120 cm³/mol. The first-order valence-corrected chi connectivity index (χ1v) is 10.2. The number of amides is 1. The van der Waals surface area contributed by atoms with E-state index in [1.807, 2.05) is 36.4 Å². The molecule has 0 saturated heterocycles. The first-order chi connectivity index (χ1) is 15.1. The van der Waals surface area contributed by atoms with Crippen LogP contribution in [-0.2, 0) is 13.1 Å². The van der Waals surface area contributed by atoms with Gasteiger partial charge in [-0.05, 0) is 78.1 Å². The van der Waals surface area contributed by atoms with Crippen LogP contribution in [0.1, 0.15) is 38.2 Å². The van der Waals surface area contributed by atoms with Crippen molar-refractivity contribution in [3.63, 3.8) is 0 Å². The van der Waals surface area contributed by atoms with E-state index < -0.39 is 0 Å². The van der Waals surface area contributed by atoms with Crippen molar-refractivity contribution >= 4 is 17.8 Å². The smallest absolute Gasteiger partial charge is 0.271 e. The molecule has 0 fully saturated rings. The first kappa shape index (κ1) is 19.2. The minimum Gasteiger partial charge on any atom is -0.454 e. The highest BCUT2D eigenvalue weighted by atomic mass is 16.7. The van der Waals surface area contributed by atoms with Gasteiger partial charge in [-0.2, -0.15) is 5.10 Å². The fourth-order valence-electron chi connectivity index (χ4n) is 3.95. The number of carbonyl (C=O) groups excluding carboxylic acids is 1. The van der Waals surface area contributed by atoms with E-state index in [0.29, 0.717) is 17.1 Å². The summed E-state index contributed by atoms with van der Waals surface area (Å²) in [6, 6.07) is 17.7. The van der Waals surface area contributed by atoms with E-state index in [1.54, 1.807) is 12.3 Å². The van der Waals surface area contributed by atoms with Crippen LogP contribution in [-0.4, -0.2) is 18.9 Å². The Kier molecular flexibility index (Phi) is 4.82. The second-order valence-electron chi connectivity index (χ2n) is 7.92. The van der Waals surface area contributed by atoms with Crippen molar-refractivity contribution in [2.24, 2.45) is 5.10 Å². The lowest BCUT2D eigenvalue weighted by atomic mass is 10.0. The number of ether oxygens (including phenoxy) is 2. The third kappa shape index (κ3) is 3.84. The SMILES string of the molecule is Cc1cc2c(cc1C)CN(c1cccc(C(=O)N/N=C/c3ccc4c(c3)OCO4)c1)C2. The molecule has 0 spiro atoms. The maximum absolute atomic E-state index is 12.6. The molecule has 0 radical (unpaired) electrons. The van der Waals surface area contributed by atoms with Gasteiger partial charge in [0.1, 0.15) is 0 Å². The molecule has 3 aromatic carbocycles. The summed E-state index contributed by atoms with van der Waals surface area (Å²) in [5.74, 6) is 1.15. The summed E-state index contributed by atoms with van der Waals surface area (Å²) in [7, 11) is 0. The molecule has 31 heavy (non-hydrogen) atoms. The minimum absolute atomic E-state index is 0.227. The topological polar surface area (TPSA) is 63.2 Å². The summed E-state index contributed by atoms with van der Waals surface area (Å²) in [5, 5.41) is 4.09. The summed E-state index contributed by atoms with van der Waals surface area (Å²) < 4.78 is 10.7. The molecule has 0 unspecified atom stereocenters. The molecule has 3 aromatic rings. The van der Waals surface area contributed by atoms with Gasteiger partial charge in [0, 0.05) is 24.3 Å². The van der Waals surface area contributed by atoms with Gasteiger partial charge in [0.25, 0.3) is 5.91 Å². The van der Waals surface area contributed by atoms with Gasteiger partial charge in [-0.15, -0.1) is 0 Å². The molecule has 1 amide bonds. The molecule has 0 aromatic heterocycles. The van der Waals surface area contributed by atoms with E-state index in [9.17, 15) is 4.79 Å². The second-order valence-corrected chi connectivity index (χ2v) is 7.92. The standard InChI is InChI=1S/C25H23N3O3/c1-16-8-20-13-28(14-21(20)9-17(16)2)22-5-3-4-19(11-22)25(29)27-26-12-18-6-7-23-24(10-18)31-15-30-23/h3-12H,13-15H2,1-2H3,(H,27,29)/b26-12+. The molecule has 6 nitrogen and oxygen atoms in total. The fourth-order valence-corrected chi connectivity index (χ4v) is 3.95. The van der Waals surface area contributed by atoms with Gasteiger partial charge in [0.05, 0.1) is 6.21 Å². The monoisotopic (exact) mass is 413 g/mol. The van der Waals surface area contributed by atoms with Gasteiger partial charge in [-0.1, -0.05) is 18.2 Å². The highest BCUT2D eigenvalue weighted by Gasteiger charge is 2.21. The van der Waals surface area contributed by atoms with Crippen LogP contribution in [0.3, 0.4) is 0 Å². The molecule has 6 heteroatoms. The van der Waals surface area contributed by atoms with Gasteiger partial charge >= 0.3 is 0 Å². The Morgan fingerprint density at radius 3 is 2.48 bits per heavy atom. The van der Waals surface area contributed by atoms with Crippen molar-refractivity contribution < 1.29 is 14.3 Å². The molecule has 2 aliphatic rings. The van der Waals surface area contributed by atoms with Crippen molar-refractivity contribution in [3.8, 4) is 11.5 Å². The highest BCUT2D eigenvalue weighted by molar-refractivity contribution is 5.95. The maximum Gasteiger partial charge on any atom is 0.271 e. The van der Waals surface area contributed by atoms with Crippen LogP contribution in [0, 0.1) is 13.8 Å². The number of nitrogens with one attached hydrogen (secondary N) is 1. The number of aryl methyl sites for hydroxylation is 2. The van der Waals surface area contributed by atoms with E-state index >= 15 is 0 Å². The highest BCUT2D eigenvalue weighted by Crippen LogP contribution is 2.32. The molecule has 0 saturated carbocycles. The third-order valence-corrected chi connectivity index (χ3v) is 5.79. The summed E-state index contributed by atoms with van der Waals surface area (Å²) in [5.41, 5.74) is 10.4. The Labute approximate surface area is 181 Å². The number of hydrazone groups is 1. The Hall–Kier alpha value is -3.80. The van der Waals surface area contributed by atoms with Crippen molar-refractivity contribution in [1.82, 2.24) is 5.43 Å². The molecule has 156 valence electrons. The minimum atomic E-state index is -0.248. The largest absolute Gasteiger partial charge is 0.454 e. The Morgan fingerprint density at radius 2 is 1.71 bits per heavy atom. The number of hydrogen-bond acceptors (Lipinski definition) is 5. The molecule has 0 aliphatic carbocycles. The van der Waals surface area contributed by atoms with Crippen LogP contribution in [0.2, 0.25) is 0 Å². The lowest BCUT2D eigenvalue weighted by molar-refractivity contribution is 0.0955. The zero-order valence-electron chi connectivity index (χ0n) is 17.5. The number of carbonyl (C=O) groups is 1. The summed E-state index contributed by atoms with van der Waals surface area (Å²) in [4.78, 5) is 14.9. The van der Waals surface area contributed by atoms with E-state index in [-0.39, 0.29) is 12.7 Å². The Balaban J connectivity index is 1.26. The zero-order chi connectivity index (χ0) is 21.4. The average Bonchev–Trinajstić information content (AvgIpc) is 3.40. The van der Waals surface area contributed by atoms with Gasteiger partial charge < -0.3 is 14.4 Å². The van der Waals surface area contributed by atoms with Crippen LogP contribution >= 0.6 is 0 Å². The number of benzene rings is 3. The quantitative estimate of drug-likeness (QED) is 0.511. The number of rotatable bonds is 4. The lowest BCUT2D eigenvalue weighted by Crippen LogP contribution is -2.19. The Morgan fingerprint density at radius 1 is 0.968 bits per heavy atom. The van der Waals surface area contributed by atoms with Crippen molar-refractivity contribution in [1.29, 1.82) is 0 Å². The molecule has 2 heterocycles. The second kappa shape index (κ2) is 7.80. The number of hydrogen-bond donors (Lipinski definition) is 1. The van der Waals surface area contributed by atoms with Gasteiger partial charge in [0.15, 0.2) is 11.5 Å². The first-order valence-electron chi connectivity index (χ1n) is 10.2. The Bertz CT molecular complexity index is 1170. The number of fused-ring (bicyclic) bond motifs is 2. The third-order valence-electron chi connectivity index (χ3n) is 5.79. The number of nitrogens with zero attached hydrogens (tertiary/aromatic N) is 2. The lowest BCUT2D eigenvalue weighted by Gasteiger charge is -2.18. The molecule has 0 atom stereocenters. The van der Waals surface area contributed by atoms with Crippen LogP contribution in [0.4, 0.5) is 5.69 Å². The van der Waals surface area contributed by atoms with E-state index in [4.69, 9.17) is 9.47 Å². The van der Waals surface area contributed by atoms with Gasteiger partial charge in [-0.25, -0.2) is 5.43 Å². The summed E-state index contributed by atoms with van der Waals surface area (Å²) >= 11 is 0. The van der Waals surface area contributed by atoms with E-state index in [0.717, 1.165) is 24.3 Å². The number of anilines is 1. The van der Waals surface area contributed by atoms with Gasteiger partial charge in [0.2, 0.25) is 6.79 Å². The van der Waals surface area contributed by atoms with Crippen LogP contribution in [0.25, 0.3) is 0 Å². The predicted octanol–water partition coefficient (Wildman–Crippen LogP) is 4.32. The molecule has 1 N–H and O–H groups in total. The normalized spacial score (nSPS) is 14.2.